The predicted molar refractivity (Wildman–Crippen MR) is 73.7 cm³/mol. The molecule has 0 spiro atoms. The largest absolute Gasteiger partial charge is 0.386 e. The Kier molecular flexibility index (Phi) is 5.03. The molecule has 1 aromatic carbocycles. The molecule has 1 aromatic rings. The minimum Gasteiger partial charge on any atom is -0.386 e. The maximum atomic E-state index is 11.6. The van der Waals surface area contributed by atoms with Crippen LogP contribution >= 0.6 is 34.2 Å². The molecule has 0 fully saturated rings. The van der Waals surface area contributed by atoms with E-state index in [1.54, 1.807) is 53.8 Å². The van der Waals surface area contributed by atoms with E-state index in [0.29, 0.717) is 10.6 Å². The van der Waals surface area contributed by atoms with Gasteiger partial charge in [-0.2, -0.15) is 0 Å². The number of alkyl halides is 1. The molecule has 0 aliphatic carbocycles. The van der Waals surface area contributed by atoms with Crippen molar-refractivity contribution in [1.82, 2.24) is 0 Å². The fourth-order valence-corrected chi connectivity index (χ4v) is 3.76. The molecule has 3 nitrogen and oxygen atoms in total. The molecule has 0 radical (unpaired) electrons. The molecule has 0 saturated carbocycles. The third kappa shape index (κ3) is 3.32. The number of hydrogen-bond donors (Lipinski definition) is 1. The lowest BCUT2D eigenvalue weighted by Gasteiger charge is -2.17. The number of aliphatic hydroxyl groups excluding tert-OH is 1. The van der Waals surface area contributed by atoms with E-state index in [2.05, 4.69) is 0 Å². The van der Waals surface area contributed by atoms with Crippen molar-refractivity contribution in [1.29, 1.82) is 0 Å². The quantitative estimate of drug-likeness (QED) is 0.651. The topological polar surface area (TPSA) is 54.4 Å². The van der Waals surface area contributed by atoms with Gasteiger partial charge in [0, 0.05) is 10.8 Å². The molecule has 0 aromatic heterocycles. The van der Waals surface area contributed by atoms with E-state index in [-0.39, 0.29) is 5.75 Å². The number of rotatable bonds is 4. The van der Waals surface area contributed by atoms with E-state index >= 15 is 0 Å². The van der Waals surface area contributed by atoms with Gasteiger partial charge < -0.3 is 5.11 Å². The van der Waals surface area contributed by atoms with Gasteiger partial charge in [0.1, 0.15) is 9.36 Å². The van der Waals surface area contributed by atoms with Crippen molar-refractivity contribution in [3.05, 3.63) is 34.9 Å². The van der Waals surface area contributed by atoms with Gasteiger partial charge in [-0.15, -0.1) is 0 Å². The van der Waals surface area contributed by atoms with Gasteiger partial charge in [-0.3, -0.25) is 0 Å². The predicted octanol–water partition coefficient (Wildman–Crippen LogP) is 2.57. The van der Waals surface area contributed by atoms with Gasteiger partial charge in [-0.1, -0.05) is 53.2 Å². The first-order chi connectivity index (χ1) is 7.38. The molecule has 0 aliphatic rings. The molecule has 16 heavy (non-hydrogen) atoms. The SMILES string of the molecule is CCS(=O)(=O)[C@@H](I)[C@@H](O)c1cccc(Cl)c1. The van der Waals surface area contributed by atoms with Gasteiger partial charge >= 0.3 is 0 Å². The molecule has 0 amide bonds. The van der Waals surface area contributed by atoms with Crippen molar-refractivity contribution in [2.75, 3.05) is 5.75 Å². The molecule has 0 unspecified atom stereocenters. The van der Waals surface area contributed by atoms with Crippen LogP contribution in [0.3, 0.4) is 0 Å². The van der Waals surface area contributed by atoms with Crippen LogP contribution in [0.4, 0.5) is 0 Å². The van der Waals surface area contributed by atoms with E-state index in [4.69, 9.17) is 11.6 Å². The van der Waals surface area contributed by atoms with Crippen molar-refractivity contribution in [2.45, 2.75) is 16.3 Å². The summed E-state index contributed by atoms with van der Waals surface area (Å²) in [4.78, 5) is 0. The Bertz CT molecular complexity index is 461. The van der Waals surface area contributed by atoms with Crippen LogP contribution in [0.5, 0.6) is 0 Å². The van der Waals surface area contributed by atoms with Crippen molar-refractivity contribution in [2.24, 2.45) is 0 Å². The van der Waals surface area contributed by atoms with Crippen LogP contribution in [0, 0.1) is 0 Å². The summed E-state index contributed by atoms with van der Waals surface area (Å²) in [7, 11) is -3.26. The Morgan fingerprint density at radius 2 is 2.12 bits per heavy atom. The molecule has 6 heteroatoms. The number of aliphatic hydroxyl groups is 1. The first kappa shape index (κ1) is 14.2. The summed E-state index contributed by atoms with van der Waals surface area (Å²) >= 11 is 7.52. The van der Waals surface area contributed by atoms with Crippen LogP contribution in [0.15, 0.2) is 24.3 Å². The van der Waals surface area contributed by atoms with E-state index in [9.17, 15) is 13.5 Å². The maximum absolute atomic E-state index is 11.6. The average Bonchev–Trinajstić information content (AvgIpc) is 2.27. The lowest BCUT2D eigenvalue weighted by atomic mass is 10.1. The van der Waals surface area contributed by atoms with E-state index in [0.717, 1.165) is 0 Å². The van der Waals surface area contributed by atoms with Gasteiger partial charge in [0.05, 0.1) is 0 Å². The third-order valence-corrected chi connectivity index (χ3v) is 7.17. The van der Waals surface area contributed by atoms with Crippen LogP contribution in [0.2, 0.25) is 5.02 Å². The smallest absolute Gasteiger partial charge is 0.164 e. The highest BCUT2D eigenvalue weighted by atomic mass is 127. The normalized spacial score (nSPS) is 15.8. The summed E-state index contributed by atoms with van der Waals surface area (Å²) in [5.41, 5.74) is 0.518. The van der Waals surface area contributed by atoms with E-state index in [1.807, 2.05) is 0 Å². The van der Waals surface area contributed by atoms with E-state index in [1.165, 1.54) is 0 Å². The first-order valence-corrected chi connectivity index (χ1v) is 8.01. The second kappa shape index (κ2) is 5.66. The summed E-state index contributed by atoms with van der Waals surface area (Å²) in [5, 5.41) is 10.4. The molecule has 2 atom stereocenters. The van der Waals surface area contributed by atoms with E-state index < -0.39 is 19.2 Å². The second-order valence-corrected chi connectivity index (χ2v) is 8.34. The summed E-state index contributed by atoms with van der Waals surface area (Å²) < 4.78 is 22.3. The maximum Gasteiger partial charge on any atom is 0.164 e. The first-order valence-electron chi connectivity index (χ1n) is 4.67. The standard InChI is InChI=1S/C10H12ClIO3S/c1-2-16(14,15)10(12)9(13)7-4-3-5-8(11)6-7/h3-6,9-10,13H,2H2,1H3/t9-,10+/m0/s1. The molecule has 0 aliphatic heterocycles. The van der Waals surface area contributed by atoms with Gasteiger partial charge in [0.25, 0.3) is 0 Å². The van der Waals surface area contributed by atoms with Gasteiger partial charge in [-0.05, 0) is 17.7 Å². The number of sulfone groups is 1. The zero-order valence-electron chi connectivity index (χ0n) is 8.60. The minimum atomic E-state index is -3.26. The monoisotopic (exact) mass is 374 g/mol. The third-order valence-electron chi connectivity index (χ3n) is 2.18. The molecule has 1 N–H and O–H groups in total. The van der Waals surface area contributed by atoms with Crippen molar-refractivity contribution >= 4 is 44.0 Å². The molecule has 0 bridgehead atoms. The van der Waals surface area contributed by atoms with Crippen LogP contribution in [0.25, 0.3) is 0 Å². The number of hydrogen-bond acceptors (Lipinski definition) is 3. The Labute approximate surface area is 114 Å². The Hall–Kier alpha value is 0.150. The average molecular weight is 375 g/mol. The van der Waals surface area contributed by atoms with Crippen LogP contribution in [-0.4, -0.2) is 22.5 Å². The molecular formula is C10H12ClIO3S. The summed E-state index contributed by atoms with van der Waals surface area (Å²) in [6.07, 6.45) is -1.05. The zero-order chi connectivity index (χ0) is 12.3. The fourth-order valence-electron chi connectivity index (χ4n) is 1.20. The Morgan fingerprint density at radius 3 is 2.62 bits per heavy atom. The fraction of sp³-hybridized carbons (Fsp3) is 0.400. The van der Waals surface area contributed by atoms with Crippen LogP contribution < -0.4 is 0 Å². The van der Waals surface area contributed by atoms with Crippen LogP contribution in [0.1, 0.15) is 18.6 Å². The lowest BCUT2D eigenvalue weighted by molar-refractivity contribution is 0.197. The summed E-state index contributed by atoms with van der Waals surface area (Å²) in [6.45, 7) is 1.56. The Morgan fingerprint density at radius 1 is 1.50 bits per heavy atom. The van der Waals surface area contributed by atoms with Crippen molar-refractivity contribution < 1.29 is 13.5 Å². The Balaban J connectivity index is 2.99. The lowest BCUT2D eigenvalue weighted by Crippen LogP contribution is -2.24. The molecule has 90 valence electrons. The highest BCUT2D eigenvalue weighted by Gasteiger charge is 2.29. The summed E-state index contributed by atoms with van der Waals surface area (Å²) in [5.74, 6) is 0.0121. The van der Waals surface area contributed by atoms with Crippen LogP contribution in [-0.2, 0) is 9.84 Å². The van der Waals surface area contributed by atoms with Gasteiger partial charge in [0.2, 0.25) is 0 Å². The highest BCUT2D eigenvalue weighted by molar-refractivity contribution is 14.1. The highest BCUT2D eigenvalue weighted by Crippen LogP contribution is 2.28. The van der Waals surface area contributed by atoms with Crippen molar-refractivity contribution in [3.63, 3.8) is 0 Å². The molecule has 0 heterocycles. The molecule has 0 saturated heterocycles. The number of benzene rings is 1. The minimum absolute atomic E-state index is 0.0121. The molecule has 1 rings (SSSR count). The van der Waals surface area contributed by atoms with Gasteiger partial charge in [-0.25, -0.2) is 8.42 Å². The molecular weight excluding hydrogens is 363 g/mol. The number of halogens is 2. The van der Waals surface area contributed by atoms with Gasteiger partial charge in [0.15, 0.2) is 9.84 Å². The second-order valence-electron chi connectivity index (χ2n) is 3.30. The van der Waals surface area contributed by atoms with Crippen molar-refractivity contribution in [3.8, 4) is 0 Å². The summed E-state index contributed by atoms with van der Waals surface area (Å²) in [6, 6.07) is 6.59. The zero-order valence-corrected chi connectivity index (χ0v) is 12.3.